The quantitative estimate of drug-likeness (QED) is 0.210. The van der Waals surface area contributed by atoms with Crippen LogP contribution in [0.1, 0.15) is 0 Å². The second kappa shape index (κ2) is 8.60. The number of aliphatic hydroxyl groups excluding tert-OH is 10. The number of β-amino-alcohol motifs (C(OH)–C–C–N with tert-alkyl or cyclic N) is 1. The first-order chi connectivity index (χ1) is 10.7. The van der Waals surface area contributed by atoms with Gasteiger partial charge < -0.3 is 51.1 Å². The Hall–Kier alpha value is -0.440. The molecule has 1 rings (SSSR count). The smallest absolute Gasteiger partial charge is 0.136 e. The van der Waals surface area contributed by atoms with Crippen molar-refractivity contribution in [3.05, 3.63) is 0 Å². The molecule has 0 bridgehead atoms. The number of nitrogens with zero attached hydrogens (tertiary/aromatic N) is 1. The first kappa shape index (κ1) is 20.6. The Kier molecular flexibility index (Phi) is 7.70. The Bertz CT molecular complexity index is 361. The molecule has 1 aliphatic rings. The Morgan fingerprint density at radius 2 is 1.26 bits per heavy atom. The van der Waals surface area contributed by atoms with E-state index in [1.807, 2.05) is 0 Å². The fraction of sp³-hybridized carbons (Fsp3) is 1.00. The highest BCUT2D eigenvalue weighted by Crippen LogP contribution is 2.24. The van der Waals surface area contributed by atoms with Crippen LogP contribution in [0.4, 0.5) is 0 Å². The summed E-state index contributed by atoms with van der Waals surface area (Å²) in [5.41, 5.74) is 0. The van der Waals surface area contributed by atoms with Crippen LogP contribution in [0.5, 0.6) is 0 Å². The molecule has 9 atom stereocenters. The number of likely N-dealkylation sites (tertiary alicyclic amines) is 1. The minimum atomic E-state index is -1.91. The maximum atomic E-state index is 9.90. The van der Waals surface area contributed by atoms with Crippen LogP contribution in [0.15, 0.2) is 0 Å². The fourth-order valence-electron chi connectivity index (χ4n) is 2.54. The molecule has 1 fully saturated rings. The molecule has 23 heavy (non-hydrogen) atoms. The van der Waals surface area contributed by atoms with E-state index in [1.54, 1.807) is 0 Å². The van der Waals surface area contributed by atoms with Crippen molar-refractivity contribution in [1.29, 1.82) is 0 Å². The van der Waals surface area contributed by atoms with E-state index in [0.717, 1.165) is 4.90 Å². The third-order valence-electron chi connectivity index (χ3n) is 4.08. The summed E-state index contributed by atoms with van der Waals surface area (Å²) in [6.07, 6.45) is -14.2. The molecule has 0 aromatic carbocycles. The van der Waals surface area contributed by atoms with Gasteiger partial charge in [0.25, 0.3) is 0 Å². The van der Waals surface area contributed by atoms with Crippen molar-refractivity contribution in [3.63, 3.8) is 0 Å². The molecule has 0 radical (unpaired) electrons. The maximum Gasteiger partial charge on any atom is 0.136 e. The Balaban J connectivity index is 2.83. The lowest BCUT2D eigenvalue weighted by Gasteiger charge is -2.47. The number of aliphatic hydroxyl groups is 10. The predicted octanol–water partition coefficient (Wildman–Crippen LogP) is -6.50. The van der Waals surface area contributed by atoms with Gasteiger partial charge >= 0.3 is 0 Å². The topological polar surface area (TPSA) is 206 Å². The summed E-state index contributed by atoms with van der Waals surface area (Å²) in [7, 11) is 0. The van der Waals surface area contributed by atoms with Gasteiger partial charge in [0.05, 0.1) is 25.4 Å². The minimum absolute atomic E-state index is 0.608. The maximum absolute atomic E-state index is 9.90. The number of hydrogen-bond acceptors (Lipinski definition) is 11. The van der Waals surface area contributed by atoms with Crippen LogP contribution in [-0.4, -0.2) is 131 Å². The van der Waals surface area contributed by atoms with Crippen LogP contribution >= 0.6 is 0 Å². The molecule has 1 heterocycles. The van der Waals surface area contributed by atoms with E-state index < -0.39 is 74.8 Å². The largest absolute Gasteiger partial charge is 0.395 e. The van der Waals surface area contributed by atoms with Gasteiger partial charge in [-0.3, -0.25) is 4.90 Å². The average molecular weight is 343 g/mol. The van der Waals surface area contributed by atoms with Crippen molar-refractivity contribution in [3.8, 4) is 0 Å². The minimum Gasteiger partial charge on any atom is -0.395 e. The number of hydrogen-bond donors (Lipinski definition) is 10. The fourth-order valence-corrected chi connectivity index (χ4v) is 2.54. The molecule has 0 spiro atoms. The van der Waals surface area contributed by atoms with Crippen LogP contribution in [0.25, 0.3) is 0 Å². The number of rotatable bonds is 7. The van der Waals surface area contributed by atoms with Gasteiger partial charge in [-0.2, -0.15) is 0 Å². The molecule has 0 amide bonds. The molecule has 138 valence electrons. The summed E-state index contributed by atoms with van der Waals surface area (Å²) in [5, 5.41) is 95.2. The van der Waals surface area contributed by atoms with Crippen LogP contribution in [0, 0.1) is 0 Å². The van der Waals surface area contributed by atoms with E-state index in [2.05, 4.69) is 0 Å². The second-order valence-electron chi connectivity index (χ2n) is 5.63. The normalized spacial score (nSPS) is 38.1. The summed E-state index contributed by atoms with van der Waals surface area (Å²) >= 11 is 0. The summed E-state index contributed by atoms with van der Waals surface area (Å²) in [5.74, 6) is 0. The van der Waals surface area contributed by atoms with Gasteiger partial charge in [-0.25, -0.2) is 0 Å². The Morgan fingerprint density at radius 3 is 1.74 bits per heavy atom. The first-order valence-corrected chi connectivity index (χ1v) is 7.09. The molecule has 0 aliphatic carbocycles. The molecule has 1 saturated heterocycles. The van der Waals surface area contributed by atoms with Crippen molar-refractivity contribution in [2.24, 2.45) is 0 Å². The first-order valence-electron chi connectivity index (χ1n) is 7.09. The van der Waals surface area contributed by atoms with Crippen molar-refractivity contribution >= 4 is 0 Å². The van der Waals surface area contributed by atoms with Gasteiger partial charge in [0.15, 0.2) is 0 Å². The highest BCUT2D eigenvalue weighted by atomic mass is 16.4. The zero-order chi connectivity index (χ0) is 17.9. The zero-order valence-corrected chi connectivity index (χ0v) is 12.2. The van der Waals surface area contributed by atoms with Crippen LogP contribution < -0.4 is 0 Å². The van der Waals surface area contributed by atoms with Gasteiger partial charge in [0.1, 0.15) is 42.9 Å². The molecule has 0 aromatic rings. The van der Waals surface area contributed by atoms with E-state index in [-0.39, 0.29) is 0 Å². The molecular formula is C12H25NO10. The summed E-state index contributed by atoms with van der Waals surface area (Å²) in [4.78, 5) is 0.855. The van der Waals surface area contributed by atoms with Gasteiger partial charge in [-0.1, -0.05) is 0 Å². The Morgan fingerprint density at radius 1 is 0.739 bits per heavy atom. The lowest BCUT2D eigenvalue weighted by atomic mass is 9.91. The number of piperidine rings is 1. The summed E-state index contributed by atoms with van der Waals surface area (Å²) in [6.45, 7) is -2.20. The van der Waals surface area contributed by atoms with Gasteiger partial charge in [-0.05, 0) is 0 Å². The standard InChI is InChI=1S/C12H25NO10/c14-2-4-7(18)10(21)11(22)12(23)13(4)1-5(16)8(19)9(20)6(17)3-15/h4-12,14-23H,1-3H2/t4-,5-,6+,7-,8-,9-,10+,11-,12?/m1/s1. The lowest BCUT2D eigenvalue weighted by Crippen LogP contribution is -2.69. The van der Waals surface area contributed by atoms with Gasteiger partial charge in [-0.15, -0.1) is 0 Å². The van der Waals surface area contributed by atoms with E-state index in [4.69, 9.17) is 5.11 Å². The van der Waals surface area contributed by atoms with Crippen molar-refractivity contribution in [2.45, 2.75) is 55.0 Å². The molecule has 10 N–H and O–H groups in total. The zero-order valence-electron chi connectivity index (χ0n) is 12.2. The second-order valence-corrected chi connectivity index (χ2v) is 5.63. The van der Waals surface area contributed by atoms with E-state index in [9.17, 15) is 46.0 Å². The highest BCUT2D eigenvalue weighted by Gasteiger charge is 2.48. The molecular weight excluding hydrogens is 318 g/mol. The molecule has 11 nitrogen and oxygen atoms in total. The lowest BCUT2D eigenvalue weighted by molar-refractivity contribution is -0.232. The monoisotopic (exact) mass is 343 g/mol. The third-order valence-corrected chi connectivity index (χ3v) is 4.08. The van der Waals surface area contributed by atoms with Gasteiger partial charge in [0.2, 0.25) is 0 Å². The van der Waals surface area contributed by atoms with Crippen LogP contribution in [0.3, 0.4) is 0 Å². The van der Waals surface area contributed by atoms with Gasteiger partial charge in [0, 0.05) is 6.54 Å². The Labute approximate surface area is 131 Å². The van der Waals surface area contributed by atoms with Crippen molar-refractivity contribution < 1.29 is 51.1 Å². The summed E-state index contributed by atoms with van der Waals surface area (Å²) in [6, 6.07) is -1.25. The third kappa shape index (κ3) is 4.35. The van der Waals surface area contributed by atoms with E-state index in [0.29, 0.717) is 0 Å². The molecule has 1 unspecified atom stereocenters. The molecule has 0 aromatic heterocycles. The predicted molar refractivity (Wildman–Crippen MR) is 72.7 cm³/mol. The van der Waals surface area contributed by atoms with Crippen molar-refractivity contribution in [2.75, 3.05) is 19.8 Å². The highest BCUT2D eigenvalue weighted by molar-refractivity contribution is 4.98. The van der Waals surface area contributed by atoms with Crippen molar-refractivity contribution in [1.82, 2.24) is 4.90 Å². The summed E-state index contributed by atoms with van der Waals surface area (Å²) < 4.78 is 0. The van der Waals surface area contributed by atoms with Crippen LogP contribution in [-0.2, 0) is 0 Å². The van der Waals surface area contributed by atoms with E-state index in [1.165, 1.54) is 0 Å². The molecule has 11 heteroatoms. The molecule has 0 saturated carbocycles. The SMILES string of the molecule is OC[C@@H]1[C@@H](O)[C@H](O)[C@@H](O)C(O)N1C[C@@H](O)[C@@H](O)[C@H](O)[C@@H](O)CO. The average Bonchev–Trinajstić information content (AvgIpc) is 2.55. The van der Waals surface area contributed by atoms with Crippen LogP contribution in [0.2, 0.25) is 0 Å². The van der Waals surface area contributed by atoms with E-state index >= 15 is 0 Å². The molecule has 1 aliphatic heterocycles.